The van der Waals surface area contributed by atoms with Crippen LogP contribution < -0.4 is 0 Å². The van der Waals surface area contributed by atoms with Crippen molar-refractivity contribution < 1.29 is 28.6 Å². The Morgan fingerprint density at radius 2 is 0.533 bits per heavy atom. The summed E-state index contributed by atoms with van der Waals surface area (Å²) in [5.74, 6) is -0.978. The second kappa shape index (κ2) is 62.1. The molecule has 6 heteroatoms. The monoisotopic (exact) mass is 1040 g/mol. The van der Waals surface area contributed by atoms with Crippen LogP contribution in [0.15, 0.2) is 134 Å². The van der Waals surface area contributed by atoms with Crippen molar-refractivity contribution in [2.45, 2.75) is 271 Å². The molecule has 0 N–H and O–H groups in total. The highest BCUT2D eigenvalue weighted by molar-refractivity contribution is 5.71. The van der Waals surface area contributed by atoms with Gasteiger partial charge in [0, 0.05) is 19.3 Å². The van der Waals surface area contributed by atoms with Gasteiger partial charge in [-0.05, 0) is 122 Å². The molecule has 1 atom stereocenters. The van der Waals surface area contributed by atoms with Crippen LogP contribution in [0.5, 0.6) is 0 Å². The number of ether oxygens (including phenoxy) is 3. The van der Waals surface area contributed by atoms with Gasteiger partial charge in [0.25, 0.3) is 0 Å². The van der Waals surface area contributed by atoms with E-state index in [4.69, 9.17) is 14.2 Å². The number of esters is 3. The van der Waals surface area contributed by atoms with Crippen molar-refractivity contribution in [2.24, 2.45) is 0 Å². The van der Waals surface area contributed by atoms with Gasteiger partial charge in [0.05, 0.1) is 0 Å². The number of carbonyl (C=O) groups excluding carboxylic acids is 3. The minimum atomic E-state index is -0.815. The van der Waals surface area contributed by atoms with Crippen LogP contribution in [-0.4, -0.2) is 37.2 Å². The van der Waals surface area contributed by atoms with E-state index in [0.29, 0.717) is 19.3 Å². The van der Waals surface area contributed by atoms with Gasteiger partial charge in [-0.25, -0.2) is 0 Å². The second-order valence-electron chi connectivity index (χ2n) is 19.8. The maximum absolute atomic E-state index is 12.8. The largest absolute Gasteiger partial charge is 0.462 e. The number of carbonyl (C=O) groups is 3. The Hall–Kier alpha value is -4.45. The van der Waals surface area contributed by atoms with Gasteiger partial charge in [-0.2, -0.15) is 0 Å². The van der Waals surface area contributed by atoms with E-state index >= 15 is 0 Å². The summed E-state index contributed by atoms with van der Waals surface area (Å²) in [4.78, 5) is 38.1. The standard InChI is InChI=1S/C69H112O6/c1-4-7-10-13-16-19-22-24-26-28-29-30-31-32-33-34-35-36-37-38-39-41-42-44-47-50-53-56-59-62-68(71)74-65-66(64-73-67(70)61-58-55-52-49-46-21-18-15-12-9-6-3)75-69(72)63-60-57-54-51-48-45-43-40-27-25-23-20-17-14-11-8-5-2/h7-8,10-11,15-20,24-27,29-30,32-33,43,45,51,54,66H,4-6,9,12-14,21-23,28,31,34-42,44,46-50,52-53,55-65H2,1-3H3/b10-7-,11-8-,18-15-,19-16-,20-17-,26-24-,27-25-,30-29-,33-32-,45-43-,54-51-. The van der Waals surface area contributed by atoms with E-state index in [1.165, 1.54) is 96.3 Å². The lowest BCUT2D eigenvalue weighted by molar-refractivity contribution is -0.167. The normalized spacial score (nSPS) is 13.1. The molecule has 0 aromatic heterocycles. The molecule has 0 aromatic carbocycles. The first-order valence-corrected chi connectivity index (χ1v) is 30.7. The fourth-order valence-corrected chi connectivity index (χ4v) is 8.07. The van der Waals surface area contributed by atoms with Gasteiger partial charge in [0.2, 0.25) is 0 Å². The molecule has 6 nitrogen and oxygen atoms in total. The maximum atomic E-state index is 12.8. The summed E-state index contributed by atoms with van der Waals surface area (Å²) in [5, 5.41) is 0. The molecule has 1 unspecified atom stereocenters. The summed E-state index contributed by atoms with van der Waals surface area (Å²) < 4.78 is 16.8. The van der Waals surface area contributed by atoms with E-state index in [2.05, 4.69) is 154 Å². The summed E-state index contributed by atoms with van der Waals surface area (Å²) in [6.07, 6.45) is 87.5. The number of rotatable bonds is 54. The Labute approximate surface area is 462 Å². The Morgan fingerprint density at radius 3 is 0.867 bits per heavy atom. The van der Waals surface area contributed by atoms with E-state index < -0.39 is 6.10 Å². The third-order valence-electron chi connectivity index (χ3n) is 12.6. The molecule has 0 saturated heterocycles. The zero-order chi connectivity index (χ0) is 54.3. The lowest BCUT2D eigenvalue weighted by Gasteiger charge is -2.18. The van der Waals surface area contributed by atoms with E-state index in [1.807, 2.05) is 0 Å². The van der Waals surface area contributed by atoms with Crippen LogP contribution in [0.25, 0.3) is 0 Å². The van der Waals surface area contributed by atoms with Crippen LogP contribution in [0, 0.1) is 0 Å². The quantitative estimate of drug-likeness (QED) is 0.0261. The highest BCUT2D eigenvalue weighted by Gasteiger charge is 2.19. The van der Waals surface area contributed by atoms with Gasteiger partial charge in [-0.1, -0.05) is 257 Å². The molecule has 0 aliphatic rings. The fraction of sp³-hybridized carbons (Fsp3) is 0.638. The molecular weight excluding hydrogens is 925 g/mol. The lowest BCUT2D eigenvalue weighted by atomic mass is 10.0. The average Bonchev–Trinajstić information content (AvgIpc) is 3.41. The zero-order valence-electron chi connectivity index (χ0n) is 48.5. The number of allylic oxidation sites excluding steroid dienone is 22. The number of hydrogen-bond donors (Lipinski definition) is 0. The zero-order valence-corrected chi connectivity index (χ0v) is 48.5. The Morgan fingerprint density at radius 1 is 0.280 bits per heavy atom. The smallest absolute Gasteiger partial charge is 0.306 e. The Balaban J connectivity index is 4.30. The lowest BCUT2D eigenvalue weighted by Crippen LogP contribution is -2.30. The maximum Gasteiger partial charge on any atom is 0.306 e. The average molecular weight is 1040 g/mol. The van der Waals surface area contributed by atoms with Gasteiger partial charge in [0.1, 0.15) is 13.2 Å². The Bertz CT molecular complexity index is 1620. The van der Waals surface area contributed by atoms with Crippen LogP contribution >= 0.6 is 0 Å². The fourth-order valence-electron chi connectivity index (χ4n) is 8.07. The van der Waals surface area contributed by atoms with E-state index in [-0.39, 0.29) is 37.5 Å². The van der Waals surface area contributed by atoms with Crippen LogP contribution in [-0.2, 0) is 28.6 Å². The first kappa shape index (κ1) is 70.5. The molecule has 0 bridgehead atoms. The molecule has 0 rings (SSSR count). The van der Waals surface area contributed by atoms with Gasteiger partial charge < -0.3 is 14.2 Å². The van der Waals surface area contributed by atoms with Crippen molar-refractivity contribution in [3.05, 3.63) is 134 Å². The second-order valence-corrected chi connectivity index (χ2v) is 19.8. The molecular formula is C69H112O6. The van der Waals surface area contributed by atoms with Crippen molar-refractivity contribution in [1.29, 1.82) is 0 Å². The SMILES string of the molecule is CC/C=C\C/C=C\C/C=C\C/C=C\C/C=C\CCCCCCCCCCCCCCCC(=O)OCC(COC(=O)CCCCCCC/C=C\CCCC)OC(=O)CCC/C=C\C/C=C\C/C=C\C/C=C\C/C=C\CC. The molecule has 0 heterocycles. The molecule has 0 spiro atoms. The van der Waals surface area contributed by atoms with Gasteiger partial charge >= 0.3 is 17.9 Å². The van der Waals surface area contributed by atoms with E-state index in [9.17, 15) is 14.4 Å². The third-order valence-corrected chi connectivity index (χ3v) is 12.6. The molecule has 0 saturated carbocycles. The molecule has 0 radical (unpaired) electrons. The van der Waals surface area contributed by atoms with Crippen LogP contribution in [0.3, 0.4) is 0 Å². The van der Waals surface area contributed by atoms with Crippen molar-refractivity contribution >= 4 is 17.9 Å². The predicted octanol–water partition coefficient (Wildman–Crippen LogP) is 21.0. The molecule has 0 aliphatic carbocycles. The minimum Gasteiger partial charge on any atom is -0.462 e. The first-order valence-electron chi connectivity index (χ1n) is 30.7. The van der Waals surface area contributed by atoms with Gasteiger partial charge in [0.15, 0.2) is 6.10 Å². The third kappa shape index (κ3) is 60.3. The van der Waals surface area contributed by atoms with E-state index in [1.54, 1.807) is 0 Å². The summed E-state index contributed by atoms with van der Waals surface area (Å²) >= 11 is 0. The van der Waals surface area contributed by atoms with Crippen molar-refractivity contribution in [3.63, 3.8) is 0 Å². The van der Waals surface area contributed by atoms with Gasteiger partial charge in [-0.3, -0.25) is 14.4 Å². The molecule has 0 fully saturated rings. The minimum absolute atomic E-state index is 0.107. The summed E-state index contributed by atoms with van der Waals surface area (Å²) in [6, 6.07) is 0. The molecule has 75 heavy (non-hydrogen) atoms. The highest BCUT2D eigenvalue weighted by Crippen LogP contribution is 2.15. The number of unbranched alkanes of at least 4 members (excludes halogenated alkanes) is 21. The van der Waals surface area contributed by atoms with Crippen molar-refractivity contribution in [2.75, 3.05) is 13.2 Å². The topological polar surface area (TPSA) is 78.9 Å². The number of hydrogen-bond acceptors (Lipinski definition) is 6. The van der Waals surface area contributed by atoms with Crippen molar-refractivity contribution in [3.8, 4) is 0 Å². The van der Waals surface area contributed by atoms with Crippen LogP contribution in [0.4, 0.5) is 0 Å². The first-order chi connectivity index (χ1) is 37.0. The summed E-state index contributed by atoms with van der Waals surface area (Å²) in [5.41, 5.74) is 0. The van der Waals surface area contributed by atoms with Crippen molar-refractivity contribution in [1.82, 2.24) is 0 Å². The van der Waals surface area contributed by atoms with E-state index in [0.717, 1.165) is 122 Å². The summed E-state index contributed by atoms with van der Waals surface area (Å²) in [6.45, 7) is 6.32. The van der Waals surface area contributed by atoms with Crippen LogP contribution in [0.2, 0.25) is 0 Å². The Kier molecular flexibility index (Phi) is 58.4. The molecule has 424 valence electrons. The molecule has 0 amide bonds. The predicted molar refractivity (Wildman–Crippen MR) is 325 cm³/mol. The molecule has 0 aliphatic heterocycles. The highest BCUT2D eigenvalue weighted by atomic mass is 16.6. The van der Waals surface area contributed by atoms with Crippen LogP contribution in [0.1, 0.15) is 265 Å². The van der Waals surface area contributed by atoms with Gasteiger partial charge in [-0.15, -0.1) is 0 Å². The summed E-state index contributed by atoms with van der Waals surface area (Å²) in [7, 11) is 0. The molecule has 0 aromatic rings.